The molecule has 0 aliphatic carbocycles. The minimum Gasteiger partial charge on any atom is -0.311 e. The highest BCUT2D eigenvalue weighted by Gasteiger charge is 2.14. The minimum atomic E-state index is 0.535. The average Bonchev–Trinajstić information content (AvgIpc) is 2.28. The lowest BCUT2D eigenvalue weighted by Gasteiger charge is -2.28. The van der Waals surface area contributed by atoms with Gasteiger partial charge in [-0.3, -0.25) is 0 Å². The lowest BCUT2D eigenvalue weighted by atomic mass is 10.0. The fraction of sp³-hybridized carbons (Fsp3) is 0.571. The number of hydrogen-bond donors (Lipinski definition) is 1. The lowest BCUT2D eigenvalue weighted by molar-refractivity contribution is 0.224. The van der Waals surface area contributed by atoms with E-state index in [9.17, 15) is 0 Å². The highest BCUT2D eigenvalue weighted by molar-refractivity contribution is 6.42. The van der Waals surface area contributed by atoms with Gasteiger partial charge < -0.3 is 10.2 Å². The fourth-order valence-corrected chi connectivity index (χ4v) is 2.35. The van der Waals surface area contributed by atoms with Crippen molar-refractivity contribution < 1.29 is 0 Å². The SMILES string of the molecule is CC(C)[C@@H](CNCc1ccc(Cl)c(Cl)c1)N(C)C. The van der Waals surface area contributed by atoms with Gasteiger partial charge in [-0.15, -0.1) is 0 Å². The number of rotatable bonds is 6. The molecule has 1 aromatic rings. The highest BCUT2D eigenvalue weighted by Crippen LogP contribution is 2.22. The predicted octanol–water partition coefficient (Wildman–Crippen LogP) is 3.67. The summed E-state index contributed by atoms with van der Waals surface area (Å²) >= 11 is 11.9. The van der Waals surface area contributed by atoms with Crippen molar-refractivity contribution in [3.05, 3.63) is 33.8 Å². The molecule has 0 amide bonds. The van der Waals surface area contributed by atoms with Crippen LogP contribution in [0.25, 0.3) is 0 Å². The Kier molecular flexibility index (Phi) is 6.44. The van der Waals surface area contributed by atoms with Crippen molar-refractivity contribution in [3.63, 3.8) is 0 Å². The van der Waals surface area contributed by atoms with Crippen LogP contribution in [0.2, 0.25) is 10.0 Å². The average molecular weight is 289 g/mol. The summed E-state index contributed by atoms with van der Waals surface area (Å²) in [6.07, 6.45) is 0. The van der Waals surface area contributed by atoms with Crippen LogP contribution in [-0.4, -0.2) is 31.6 Å². The molecule has 1 N–H and O–H groups in total. The van der Waals surface area contributed by atoms with Gasteiger partial charge in [-0.05, 0) is 37.7 Å². The number of likely N-dealkylation sites (N-methyl/N-ethyl adjacent to an activating group) is 1. The zero-order chi connectivity index (χ0) is 13.7. The van der Waals surface area contributed by atoms with E-state index in [2.05, 4.69) is 38.2 Å². The Bertz CT molecular complexity index is 370. The molecule has 1 rings (SSSR count). The van der Waals surface area contributed by atoms with E-state index in [1.165, 1.54) is 0 Å². The minimum absolute atomic E-state index is 0.535. The van der Waals surface area contributed by atoms with Gasteiger partial charge in [-0.25, -0.2) is 0 Å². The Morgan fingerprint density at radius 1 is 1.17 bits per heavy atom. The zero-order valence-corrected chi connectivity index (χ0v) is 13.0. The summed E-state index contributed by atoms with van der Waals surface area (Å²) in [4.78, 5) is 2.26. The molecule has 0 aromatic heterocycles. The van der Waals surface area contributed by atoms with E-state index in [-0.39, 0.29) is 0 Å². The predicted molar refractivity (Wildman–Crippen MR) is 80.5 cm³/mol. The summed E-state index contributed by atoms with van der Waals surface area (Å²) < 4.78 is 0. The Hall–Kier alpha value is -0.280. The van der Waals surface area contributed by atoms with Gasteiger partial charge >= 0.3 is 0 Å². The molecule has 0 fully saturated rings. The van der Waals surface area contributed by atoms with E-state index in [4.69, 9.17) is 23.2 Å². The molecule has 0 aliphatic rings. The first-order valence-electron chi connectivity index (χ1n) is 6.23. The third kappa shape index (κ3) is 4.77. The molecule has 0 saturated heterocycles. The molecule has 0 bridgehead atoms. The summed E-state index contributed by atoms with van der Waals surface area (Å²) in [6, 6.07) is 6.29. The summed E-state index contributed by atoms with van der Waals surface area (Å²) in [5, 5.41) is 4.69. The van der Waals surface area contributed by atoms with Gasteiger partial charge in [0.2, 0.25) is 0 Å². The Morgan fingerprint density at radius 3 is 2.33 bits per heavy atom. The van der Waals surface area contributed by atoms with Crippen molar-refractivity contribution in [3.8, 4) is 0 Å². The first-order valence-corrected chi connectivity index (χ1v) is 6.98. The van der Waals surface area contributed by atoms with E-state index in [0.717, 1.165) is 18.7 Å². The molecular weight excluding hydrogens is 267 g/mol. The Balaban J connectivity index is 2.47. The van der Waals surface area contributed by atoms with Crippen LogP contribution in [0.3, 0.4) is 0 Å². The van der Waals surface area contributed by atoms with E-state index in [0.29, 0.717) is 22.0 Å². The van der Waals surface area contributed by atoms with Crippen molar-refractivity contribution in [1.29, 1.82) is 0 Å². The van der Waals surface area contributed by atoms with E-state index in [1.54, 1.807) is 0 Å². The maximum Gasteiger partial charge on any atom is 0.0595 e. The smallest absolute Gasteiger partial charge is 0.0595 e. The van der Waals surface area contributed by atoms with Crippen LogP contribution in [0, 0.1) is 5.92 Å². The molecule has 2 nitrogen and oxygen atoms in total. The largest absolute Gasteiger partial charge is 0.311 e. The topological polar surface area (TPSA) is 15.3 Å². The monoisotopic (exact) mass is 288 g/mol. The number of nitrogens with one attached hydrogen (secondary N) is 1. The summed E-state index contributed by atoms with van der Waals surface area (Å²) in [5.41, 5.74) is 1.16. The normalized spacial score (nSPS) is 13.3. The van der Waals surface area contributed by atoms with Gasteiger partial charge in [-0.2, -0.15) is 0 Å². The van der Waals surface area contributed by atoms with Crippen LogP contribution in [0.4, 0.5) is 0 Å². The summed E-state index contributed by atoms with van der Waals surface area (Å²) in [6.45, 7) is 6.26. The first kappa shape index (κ1) is 15.8. The number of halogens is 2. The first-order chi connectivity index (χ1) is 8.41. The third-order valence-corrected chi connectivity index (χ3v) is 3.84. The maximum absolute atomic E-state index is 5.99. The van der Waals surface area contributed by atoms with Crippen LogP contribution in [0.5, 0.6) is 0 Å². The fourth-order valence-electron chi connectivity index (χ4n) is 2.03. The van der Waals surface area contributed by atoms with Gasteiger partial charge in [0, 0.05) is 19.1 Å². The summed E-state index contributed by atoms with van der Waals surface area (Å²) in [7, 11) is 4.23. The Labute approximate surface area is 120 Å². The lowest BCUT2D eigenvalue weighted by Crippen LogP contribution is -2.41. The second kappa shape index (κ2) is 7.34. The van der Waals surface area contributed by atoms with Gasteiger partial charge in [0.05, 0.1) is 10.0 Å². The molecule has 4 heteroatoms. The molecule has 0 radical (unpaired) electrons. The number of benzene rings is 1. The van der Waals surface area contributed by atoms with Crippen LogP contribution in [0.1, 0.15) is 19.4 Å². The third-order valence-electron chi connectivity index (χ3n) is 3.10. The molecule has 18 heavy (non-hydrogen) atoms. The standard InChI is InChI=1S/C14H22Cl2N2/c1-10(2)14(18(3)4)9-17-8-11-5-6-12(15)13(16)7-11/h5-7,10,14,17H,8-9H2,1-4H3/t14-/m1/s1. The molecule has 0 unspecified atom stereocenters. The van der Waals surface area contributed by atoms with Gasteiger partial charge in [0.25, 0.3) is 0 Å². The van der Waals surface area contributed by atoms with E-state index in [1.807, 2.05) is 18.2 Å². The van der Waals surface area contributed by atoms with Crippen molar-refractivity contribution in [2.45, 2.75) is 26.4 Å². The van der Waals surface area contributed by atoms with Gasteiger partial charge in [0.15, 0.2) is 0 Å². The second-order valence-electron chi connectivity index (χ2n) is 5.15. The summed E-state index contributed by atoms with van der Waals surface area (Å²) in [5.74, 6) is 0.626. The van der Waals surface area contributed by atoms with E-state index < -0.39 is 0 Å². The second-order valence-corrected chi connectivity index (χ2v) is 5.97. The van der Waals surface area contributed by atoms with Gasteiger partial charge in [-0.1, -0.05) is 43.1 Å². The molecular formula is C14H22Cl2N2. The Morgan fingerprint density at radius 2 is 1.83 bits per heavy atom. The zero-order valence-electron chi connectivity index (χ0n) is 11.5. The molecule has 0 saturated carbocycles. The van der Waals surface area contributed by atoms with Crippen molar-refractivity contribution in [2.24, 2.45) is 5.92 Å². The van der Waals surface area contributed by atoms with Crippen molar-refractivity contribution in [2.75, 3.05) is 20.6 Å². The quantitative estimate of drug-likeness (QED) is 0.859. The highest BCUT2D eigenvalue weighted by atomic mass is 35.5. The molecule has 0 aliphatic heterocycles. The molecule has 1 aromatic carbocycles. The number of hydrogen-bond acceptors (Lipinski definition) is 2. The molecule has 1 atom stereocenters. The number of nitrogens with zero attached hydrogens (tertiary/aromatic N) is 1. The maximum atomic E-state index is 5.99. The van der Waals surface area contributed by atoms with E-state index >= 15 is 0 Å². The van der Waals surface area contributed by atoms with Gasteiger partial charge in [0.1, 0.15) is 0 Å². The van der Waals surface area contributed by atoms with Crippen LogP contribution >= 0.6 is 23.2 Å². The van der Waals surface area contributed by atoms with Crippen molar-refractivity contribution in [1.82, 2.24) is 10.2 Å². The van der Waals surface area contributed by atoms with Crippen LogP contribution < -0.4 is 5.32 Å². The van der Waals surface area contributed by atoms with Crippen molar-refractivity contribution >= 4 is 23.2 Å². The molecule has 0 heterocycles. The molecule has 102 valence electrons. The molecule has 0 spiro atoms. The van der Waals surface area contributed by atoms with Crippen LogP contribution in [-0.2, 0) is 6.54 Å². The van der Waals surface area contributed by atoms with Crippen LogP contribution in [0.15, 0.2) is 18.2 Å².